The Kier molecular flexibility index (Phi) is 6.40. The summed E-state index contributed by atoms with van der Waals surface area (Å²) in [6.07, 6.45) is 1.50. The summed E-state index contributed by atoms with van der Waals surface area (Å²) >= 11 is 2.14. The van der Waals surface area contributed by atoms with E-state index in [1.165, 1.54) is 15.7 Å². The van der Waals surface area contributed by atoms with Gasteiger partial charge in [-0.1, -0.05) is 41.3 Å². The van der Waals surface area contributed by atoms with Crippen molar-refractivity contribution in [3.63, 3.8) is 0 Å². The van der Waals surface area contributed by atoms with Gasteiger partial charge in [-0.05, 0) is 55.0 Å². The molecule has 2 aliphatic rings. The summed E-state index contributed by atoms with van der Waals surface area (Å²) in [5.74, 6) is -1.42. The monoisotopic (exact) mass is 561 g/mol. The average Bonchev–Trinajstić information content (AvgIpc) is 3.63. The van der Waals surface area contributed by atoms with Crippen molar-refractivity contribution in [1.29, 1.82) is 0 Å². The molecule has 0 spiro atoms. The summed E-state index contributed by atoms with van der Waals surface area (Å²) in [6.45, 7) is 1.66. The fourth-order valence-corrected chi connectivity index (χ4v) is 7.82. The number of thiazole rings is 1. The van der Waals surface area contributed by atoms with Crippen LogP contribution in [-0.2, 0) is 20.9 Å². The van der Waals surface area contributed by atoms with Crippen molar-refractivity contribution in [1.82, 2.24) is 4.57 Å². The molecule has 1 fully saturated rings. The first-order valence-corrected chi connectivity index (χ1v) is 13.9. The summed E-state index contributed by atoms with van der Waals surface area (Å²) in [6, 6.07) is 17.5. The van der Waals surface area contributed by atoms with E-state index in [0.29, 0.717) is 32.8 Å². The van der Waals surface area contributed by atoms with Crippen molar-refractivity contribution in [2.45, 2.75) is 29.7 Å². The average molecular weight is 562 g/mol. The second-order valence-corrected chi connectivity index (χ2v) is 11.4. The highest BCUT2D eigenvalue weighted by Crippen LogP contribution is 2.54. The van der Waals surface area contributed by atoms with E-state index in [1.807, 2.05) is 25.1 Å². The first kappa shape index (κ1) is 25.2. The number of amides is 3. The molecule has 9 nitrogen and oxygen atoms in total. The van der Waals surface area contributed by atoms with Crippen molar-refractivity contribution >= 4 is 52.2 Å². The van der Waals surface area contributed by atoms with Gasteiger partial charge < -0.3 is 14.5 Å². The van der Waals surface area contributed by atoms with Crippen molar-refractivity contribution < 1.29 is 23.5 Å². The summed E-state index contributed by atoms with van der Waals surface area (Å²) in [5, 5.41) is 2.57. The second kappa shape index (κ2) is 9.90. The molecular weight excluding hydrogens is 538 g/mol. The molecule has 1 N–H and O–H groups in total. The third-order valence-electron chi connectivity index (χ3n) is 6.95. The van der Waals surface area contributed by atoms with E-state index in [-0.39, 0.29) is 29.1 Å². The number of fused-ring (bicyclic) bond motifs is 2. The molecule has 2 aliphatic heterocycles. The number of nitrogens with one attached hydrogen (secondary N) is 1. The van der Waals surface area contributed by atoms with Gasteiger partial charge in [0.1, 0.15) is 23.3 Å². The SMILES string of the molecule is COc1ccc(N2C(=O)[C@H]3[C@H](c4ccco4)c4sc(=O)n(CC(=O)Nc5ccccc5C)c4S[C@H]3C2=O)cc1. The number of rotatable bonds is 6. The molecule has 0 aliphatic carbocycles. The maximum absolute atomic E-state index is 13.8. The number of benzene rings is 2. The predicted octanol–water partition coefficient (Wildman–Crippen LogP) is 4.25. The number of nitrogens with zero attached hydrogens (tertiary/aromatic N) is 2. The van der Waals surface area contributed by atoms with Crippen LogP contribution < -0.4 is 19.8 Å². The largest absolute Gasteiger partial charge is 0.497 e. The lowest BCUT2D eigenvalue weighted by atomic mass is 9.87. The van der Waals surface area contributed by atoms with Crippen LogP contribution in [0.25, 0.3) is 0 Å². The van der Waals surface area contributed by atoms with Crippen LogP contribution in [0.5, 0.6) is 5.75 Å². The van der Waals surface area contributed by atoms with Gasteiger partial charge in [0.05, 0.1) is 40.8 Å². The number of anilines is 2. The van der Waals surface area contributed by atoms with Crippen LogP contribution in [0.4, 0.5) is 11.4 Å². The van der Waals surface area contributed by atoms with Gasteiger partial charge in [-0.3, -0.25) is 23.7 Å². The topological polar surface area (TPSA) is 111 Å². The lowest BCUT2D eigenvalue weighted by molar-refractivity contribution is -0.122. The highest BCUT2D eigenvalue weighted by Gasteiger charge is 2.57. The first-order valence-electron chi connectivity index (χ1n) is 12.2. The van der Waals surface area contributed by atoms with Gasteiger partial charge in [-0.2, -0.15) is 0 Å². The van der Waals surface area contributed by atoms with Crippen LogP contribution >= 0.6 is 23.1 Å². The molecule has 39 heavy (non-hydrogen) atoms. The minimum Gasteiger partial charge on any atom is -0.497 e. The number of hydrogen-bond acceptors (Lipinski definition) is 8. The molecule has 0 unspecified atom stereocenters. The summed E-state index contributed by atoms with van der Waals surface area (Å²) in [4.78, 5) is 55.1. The van der Waals surface area contributed by atoms with Crippen LogP contribution in [0.1, 0.15) is 22.1 Å². The Bertz CT molecular complexity index is 1640. The highest BCUT2D eigenvalue weighted by atomic mass is 32.2. The van der Waals surface area contributed by atoms with E-state index < -0.39 is 17.1 Å². The van der Waals surface area contributed by atoms with Gasteiger partial charge in [0.2, 0.25) is 17.7 Å². The van der Waals surface area contributed by atoms with Gasteiger partial charge >= 0.3 is 4.87 Å². The second-order valence-electron chi connectivity index (χ2n) is 9.25. The fourth-order valence-electron chi connectivity index (χ4n) is 5.06. The summed E-state index contributed by atoms with van der Waals surface area (Å²) in [5.41, 5.74) is 2.00. The van der Waals surface area contributed by atoms with Gasteiger partial charge in [-0.25, -0.2) is 4.90 Å². The fraction of sp³-hybridized carbons (Fsp3) is 0.214. The lowest BCUT2D eigenvalue weighted by Gasteiger charge is -2.29. The minimum absolute atomic E-state index is 0.224. The van der Waals surface area contributed by atoms with E-state index in [9.17, 15) is 19.2 Å². The molecule has 4 aromatic rings. The molecule has 2 aromatic heterocycles. The zero-order chi connectivity index (χ0) is 27.3. The zero-order valence-corrected chi connectivity index (χ0v) is 22.6. The lowest BCUT2D eigenvalue weighted by Crippen LogP contribution is -2.32. The van der Waals surface area contributed by atoms with Crippen molar-refractivity contribution in [2.75, 3.05) is 17.3 Å². The van der Waals surface area contributed by atoms with Crippen LogP contribution in [-0.4, -0.2) is 34.6 Å². The van der Waals surface area contributed by atoms with Gasteiger partial charge in [0, 0.05) is 5.69 Å². The summed E-state index contributed by atoms with van der Waals surface area (Å²) in [7, 11) is 1.54. The Morgan fingerprint density at radius 3 is 2.49 bits per heavy atom. The Morgan fingerprint density at radius 2 is 1.79 bits per heavy atom. The minimum atomic E-state index is -0.790. The molecule has 0 bridgehead atoms. The zero-order valence-electron chi connectivity index (χ0n) is 21.0. The Hall–Kier alpha value is -4.09. The van der Waals surface area contributed by atoms with Crippen LogP contribution in [0, 0.1) is 12.8 Å². The number of carbonyl (C=O) groups is 3. The molecule has 0 radical (unpaired) electrons. The molecule has 4 heterocycles. The standard InChI is InChI=1S/C28H23N3O6S2/c1-15-6-3-4-7-18(15)29-20(32)14-30-27-24(39-28(30)35)21(19-8-5-13-37-19)22-23(38-27)26(34)31(25(22)33)16-9-11-17(36-2)12-10-16/h3-13,21-23H,14H2,1-2H3,(H,29,32)/t21-,22-,23+/m0/s1. The van der Waals surface area contributed by atoms with Gasteiger partial charge in [0.15, 0.2) is 0 Å². The van der Waals surface area contributed by atoms with E-state index in [0.717, 1.165) is 28.7 Å². The van der Waals surface area contributed by atoms with Crippen LogP contribution in [0.15, 0.2) is 81.2 Å². The number of hydrogen-bond donors (Lipinski definition) is 1. The predicted molar refractivity (Wildman–Crippen MR) is 148 cm³/mol. The number of thioether (sulfide) groups is 1. The third kappa shape index (κ3) is 4.27. The number of imide groups is 1. The number of methoxy groups -OCH3 is 1. The number of aryl methyl sites for hydroxylation is 1. The molecule has 198 valence electrons. The Balaban J connectivity index is 1.38. The number of furan rings is 1. The Morgan fingerprint density at radius 1 is 1.03 bits per heavy atom. The number of carbonyl (C=O) groups excluding carboxylic acids is 3. The molecule has 2 aromatic carbocycles. The van der Waals surface area contributed by atoms with Crippen molar-refractivity contribution in [2.24, 2.45) is 5.92 Å². The van der Waals surface area contributed by atoms with E-state index >= 15 is 0 Å². The normalized spacial score (nSPS) is 20.1. The van der Waals surface area contributed by atoms with E-state index in [4.69, 9.17) is 9.15 Å². The molecule has 11 heteroatoms. The van der Waals surface area contributed by atoms with Gasteiger partial charge in [-0.15, -0.1) is 0 Å². The third-order valence-corrected chi connectivity index (χ3v) is 9.55. The molecule has 0 saturated carbocycles. The maximum Gasteiger partial charge on any atom is 0.308 e. The first-order chi connectivity index (χ1) is 18.9. The molecule has 3 atom stereocenters. The maximum atomic E-state index is 13.8. The number of para-hydroxylation sites is 1. The molecule has 6 rings (SSSR count). The Labute approximate surface area is 231 Å². The van der Waals surface area contributed by atoms with Gasteiger partial charge in [0.25, 0.3) is 0 Å². The van der Waals surface area contributed by atoms with E-state index in [1.54, 1.807) is 49.6 Å². The quantitative estimate of drug-likeness (QED) is 0.350. The molecule has 3 amide bonds. The number of ether oxygens (including phenoxy) is 1. The van der Waals surface area contributed by atoms with Crippen LogP contribution in [0.2, 0.25) is 0 Å². The molecule has 1 saturated heterocycles. The summed E-state index contributed by atoms with van der Waals surface area (Å²) < 4.78 is 12.3. The molecular formula is C28H23N3O6S2. The van der Waals surface area contributed by atoms with Crippen molar-refractivity contribution in [3.8, 4) is 5.75 Å². The van der Waals surface area contributed by atoms with E-state index in [2.05, 4.69) is 5.32 Å². The smallest absolute Gasteiger partial charge is 0.308 e. The van der Waals surface area contributed by atoms with Crippen LogP contribution in [0.3, 0.4) is 0 Å². The van der Waals surface area contributed by atoms with Crippen molar-refractivity contribution in [3.05, 3.63) is 92.8 Å². The highest BCUT2D eigenvalue weighted by molar-refractivity contribution is 8.00. The number of aromatic nitrogens is 1.